The minimum Gasteiger partial charge on any atom is -0.454 e. The first-order chi connectivity index (χ1) is 16.9. The van der Waals surface area contributed by atoms with Gasteiger partial charge in [0, 0.05) is 29.1 Å². The van der Waals surface area contributed by atoms with E-state index < -0.39 is 58.4 Å². The first-order valence-electron chi connectivity index (χ1n) is 12.5. The Morgan fingerprint density at radius 3 is 2.61 bits per heavy atom. The van der Waals surface area contributed by atoms with E-state index in [4.69, 9.17) is 4.74 Å². The van der Waals surface area contributed by atoms with Gasteiger partial charge in [-0.15, -0.1) is 0 Å². The summed E-state index contributed by atoms with van der Waals surface area (Å²) in [6.07, 6.45) is 7.03. The Morgan fingerprint density at radius 1 is 1.22 bits per heavy atom. The number of alkyl halides is 1. The molecule has 7 nitrogen and oxygen atoms in total. The van der Waals surface area contributed by atoms with Crippen LogP contribution in [-0.2, 0) is 14.3 Å². The molecule has 0 saturated heterocycles. The fourth-order valence-electron chi connectivity index (χ4n) is 7.95. The van der Waals surface area contributed by atoms with E-state index in [-0.39, 0.29) is 23.7 Å². The molecule has 36 heavy (non-hydrogen) atoms. The van der Waals surface area contributed by atoms with Crippen LogP contribution in [0.5, 0.6) is 0 Å². The Hall–Kier alpha value is -2.71. The number of rotatable bonds is 4. The number of allylic oxidation sites excluding steroid dienone is 4. The maximum absolute atomic E-state index is 17.2. The van der Waals surface area contributed by atoms with Gasteiger partial charge in [0.25, 0.3) is 0 Å². The molecule has 5 rings (SSSR count). The van der Waals surface area contributed by atoms with E-state index in [1.807, 2.05) is 0 Å². The molecule has 192 valence electrons. The van der Waals surface area contributed by atoms with Crippen LogP contribution in [0, 0.1) is 28.6 Å². The van der Waals surface area contributed by atoms with Crippen molar-refractivity contribution in [2.75, 3.05) is 6.61 Å². The molecule has 0 spiro atoms. The summed E-state index contributed by atoms with van der Waals surface area (Å²) in [5.41, 5.74) is -5.27. The predicted octanol–water partition coefficient (Wildman–Crippen LogP) is 3.16. The minimum absolute atomic E-state index is 0.125. The number of hydrogen-bond acceptors (Lipinski definition) is 7. The van der Waals surface area contributed by atoms with Crippen LogP contribution >= 0.6 is 0 Å². The maximum atomic E-state index is 17.2. The number of fused-ring (bicyclic) bond motifs is 5. The van der Waals surface area contributed by atoms with Gasteiger partial charge in [-0.1, -0.05) is 25.5 Å². The van der Waals surface area contributed by atoms with Crippen molar-refractivity contribution in [2.45, 2.75) is 63.8 Å². The second kappa shape index (κ2) is 8.15. The fraction of sp³-hybridized carbons (Fsp3) is 0.571. The number of carbonyl (C=O) groups is 3. The molecule has 0 unspecified atom stereocenters. The number of aliphatic hydroxyl groups excluding tert-OH is 1. The first-order valence-corrected chi connectivity index (χ1v) is 12.5. The first kappa shape index (κ1) is 25.0. The number of ether oxygens (including phenoxy) is 1. The molecule has 1 heterocycles. The van der Waals surface area contributed by atoms with Crippen LogP contribution in [0.2, 0.25) is 0 Å². The lowest BCUT2D eigenvalue weighted by Gasteiger charge is -2.62. The molecule has 4 aliphatic carbocycles. The van der Waals surface area contributed by atoms with Gasteiger partial charge in [0.15, 0.2) is 18.1 Å². The van der Waals surface area contributed by atoms with Crippen molar-refractivity contribution in [3.8, 4) is 0 Å². The lowest BCUT2D eigenvalue weighted by Crippen LogP contribution is -2.69. The number of ketones is 2. The summed E-state index contributed by atoms with van der Waals surface area (Å²) in [6.45, 7) is 4.61. The summed E-state index contributed by atoms with van der Waals surface area (Å²) in [5.74, 6) is -3.05. The molecule has 3 saturated carbocycles. The summed E-state index contributed by atoms with van der Waals surface area (Å²) < 4.78 is 22.4. The van der Waals surface area contributed by atoms with Gasteiger partial charge >= 0.3 is 5.97 Å². The highest BCUT2D eigenvalue weighted by Crippen LogP contribution is 2.70. The predicted molar refractivity (Wildman–Crippen MR) is 127 cm³/mol. The number of Topliss-reactive ketones (excluding diaryl/α,β-unsaturated/α-hetero) is 1. The van der Waals surface area contributed by atoms with Crippen LogP contribution in [0.3, 0.4) is 0 Å². The molecular weight excluding hydrogens is 465 g/mol. The number of aliphatic hydroxyl groups is 2. The minimum atomic E-state index is -2.04. The van der Waals surface area contributed by atoms with Crippen LogP contribution in [0.1, 0.15) is 56.8 Å². The summed E-state index contributed by atoms with van der Waals surface area (Å²) in [4.78, 5) is 41.7. The van der Waals surface area contributed by atoms with Crippen molar-refractivity contribution in [1.29, 1.82) is 0 Å². The second-order valence-corrected chi connectivity index (χ2v) is 11.4. The van der Waals surface area contributed by atoms with E-state index in [1.165, 1.54) is 36.7 Å². The smallest absolute Gasteiger partial charge is 0.338 e. The number of esters is 1. The van der Waals surface area contributed by atoms with Crippen LogP contribution in [0.15, 0.2) is 48.3 Å². The standard InChI is InChI=1S/C28H32FNO6/c1-16-12-21-20-5-4-18-13-19(31)6-9-25(18,2)27(20,29)22(32)14-26(21,3)28(16,35)23(33)15-36-24(34)17-7-10-30-11-8-17/h6-11,13,16,20-22,32,35H,4-5,12,14-15H2,1-3H3/t16-,20-,21-,22-,25-,26-,27-,28-/m0/s1. The maximum Gasteiger partial charge on any atom is 0.338 e. The van der Waals surface area contributed by atoms with E-state index in [0.29, 0.717) is 24.8 Å². The zero-order valence-electron chi connectivity index (χ0n) is 20.7. The molecule has 0 aromatic carbocycles. The molecule has 4 aliphatic rings. The van der Waals surface area contributed by atoms with Gasteiger partial charge in [0.1, 0.15) is 5.60 Å². The summed E-state index contributed by atoms with van der Waals surface area (Å²) in [5, 5.41) is 23.3. The van der Waals surface area contributed by atoms with Crippen LogP contribution in [0.4, 0.5) is 4.39 Å². The number of hydrogen-bond donors (Lipinski definition) is 2. The Kier molecular flexibility index (Phi) is 5.65. The van der Waals surface area contributed by atoms with Gasteiger partial charge in [-0.05, 0) is 68.7 Å². The number of carbonyl (C=O) groups excluding carboxylic acids is 3. The van der Waals surface area contributed by atoms with Crippen molar-refractivity contribution < 1.29 is 33.7 Å². The number of halogens is 1. The molecule has 0 radical (unpaired) electrons. The molecular formula is C28H32FNO6. The zero-order chi connectivity index (χ0) is 26.1. The molecule has 0 aliphatic heterocycles. The SMILES string of the molecule is C[C@H]1C[C@H]2[C@@H]3CCC4=CC(=O)C=C[C@]4(C)[C@@]3(F)[C@@H](O)C[C@]2(C)[C@@]1(O)C(=O)COC(=O)c1ccncc1. The Bertz CT molecular complexity index is 1180. The highest BCUT2D eigenvalue weighted by atomic mass is 19.1. The highest BCUT2D eigenvalue weighted by molar-refractivity contribution is 6.01. The van der Waals surface area contributed by atoms with Crippen LogP contribution in [0.25, 0.3) is 0 Å². The summed E-state index contributed by atoms with van der Waals surface area (Å²) in [6, 6.07) is 2.93. The van der Waals surface area contributed by atoms with Crippen molar-refractivity contribution in [2.24, 2.45) is 28.6 Å². The average Bonchev–Trinajstić information content (AvgIpc) is 3.05. The van der Waals surface area contributed by atoms with Gasteiger partial charge in [0.05, 0.1) is 11.7 Å². The second-order valence-electron chi connectivity index (χ2n) is 11.4. The third-order valence-corrected chi connectivity index (χ3v) is 9.90. The number of aromatic nitrogens is 1. The van der Waals surface area contributed by atoms with E-state index in [2.05, 4.69) is 4.98 Å². The molecule has 0 bridgehead atoms. The van der Waals surface area contributed by atoms with Crippen molar-refractivity contribution >= 4 is 17.5 Å². The number of nitrogens with zero attached hydrogens (tertiary/aromatic N) is 1. The fourth-order valence-corrected chi connectivity index (χ4v) is 7.95. The Balaban J connectivity index is 1.44. The van der Waals surface area contributed by atoms with Crippen molar-refractivity contribution in [1.82, 2.24) is 4.98 Å². The molecule has 2 N–H and O–H groups in total. The molecule has 8 heteroatoms. The molecule has 1 aromatic heterocycles. The largest absolute Gasteiger partial charge is 0.454 e. The third-order valence-electron chi connectivity index (χ3n) is 9.90. The van der Waals surface area contributed by atoms with Crippen LogP contribution in [-0.4, -0.2) is 56.7 Å². The lowest BCUT2D eigenvalue weighted by atomic mass is 9.44. The Labute approximate surface area is 209 Å². The van der Waals surface area contributed by atoms with Gasteiger partial charge in [-0.2, -0.15) is 0 Å². The van der Waals surface area contributed by atoms with Gasteiger partial charge in [-0.25, -0.2) is 9.18 Å². The van der Waals surface area contributed by atoms with Gasteiger partial charge in [-0.3, -0.25) is 14.6 Å². The summed E-state index contributed by atoms with van der Waals surface area (Å²) >= 11 is 0. The lowest BCUT2D eigenvalue weighted by molar-refractivity contribution is -0.219. The Morgan fingerprint density at radius 2 is 1.92 bits per heavy atom. The van der Waals surface area contributed by atoms with Gasteiger partial charge < -0.3 is 14.9 Å². The normalized spacial score (nSPS) is 43.2. The topological polar surface area (TPSA) is 114 Å². The van der Waals surface area contributed by atoms with Crippen LogP contribution < -0.4 is 0 Å². The van der Waals surface area contributed by atoms with Gasteiger partial charge in [0.2, 0.25) is 5.78 Å². The van der Waals surface area contributed by atoms with E-state index >= 15 is 4.39 Å². The highest BCUT2D eigenvalue weighted by Gasteiger charge is 2.75. The van der Waals surface area contributed by atoms with E-state index in [0.717, 1.165) is 0 Å². The molecule has 8 atom stereocenters. The number of pyridine rings is 1. The molecule has 3 fully saturated rings. The van der Waals surface area contributed by atoms with Crippen molar-refractivity contribution in [3.05, 3.63) is 53.9 Å². The zero-order valence-corrected chi connectivity index (χ0v) is 20.7. The molecule has 1 aromatic rings. The molecule has 0 amide bonds. The quantitative estimate of drug-likeness (QED) is 0.615. The van der Waals surface area contributed by atoms with Crippen molar-refractivity contribution in [3.63, 3.8) is 0 Å². The van der Waals surface area contributed by atoms with E-state index in [1.54, 1.807) is 26.8 Å². The average molecular weight is 498 g/mol. The third kappa shape index (κ3) is 3.10. The monoisotopic (exact) mass is 497 g/mol. The van der Waals surface area contributed by atoms with E-state index in [9.17, 15) is 24.6 Å². The summed E-state index contributed by atoms with van der Waals surface area (Å²) in [7, 11) is 0.